The van der Waals surface area contributed by atoms with Crippen molar-refractivity contribution in [3.8, 4) is 0 Å². The number of rotatable bonds is 7. The molecule has 0 aliphatic carbocycles. The highest BCUT2D eigenvalue weighted by Crippen LogP contribution is 2.72. The molecule has 0 spiro atoms. The first-order valence-electron chi connectivity index (χ1n) is 13.7. The van der Waals surface area contributed by atoms with Crippen molar-refractivity contribution in [2.45, 2.75) is 44.0 Å². The first-order valence-corrected chi connectivity index (χ1v) is 17.1. The van der Waals surface area contributed by atoms with Crippen molar-refractivity contribution in [3.63, 3.8) is 0 Å². The summed E-state index contributed by atoms with van der Waals surface area (Å²) in [4.78, 5) is 14.6. The normalized spacial score (nSPS) is 17.9. The van der Waals surface area contributed by atoms with Crippen LogP contribution in [-0.2, 0) is 0 Å². The van der Waals surface area contributed by atoms with Crippen LogP contribution in [-0.4, -0.2) is 45.7 Å². The predicted octanol–water partition coefficient (Wildman–Crippen LogP) is 6.71. The van der Waals surface area contributed by atoms with Crippen LogP contribution >= 0.6 is 15.2 Å². The fraction of sp³-hybridized carbons (Fsp3) is 0.265. The third-order valence-electron chi connectivity index (χ3n) is 8.10. The first-order chi connectivity index (χ1) is 18.8. The van der Waals surface area contributed by atoms with E-state index in [2.05, 4.69) is 142 Å². The van der Waals surface area contributed by atoms with E-state index in [0.29, 0.717) is 6.54 Å². The number of hydrogen-bond donors (Lipinski definition) is 1. The average molecular weight is 555 g/mol. The van der Waals surface area contributed by atoms with Gasteiger partial charge in [-0.25, -0.2) is 4.79 Å². The molecule has 1 N–H and O–H groups in total. The minimum Gasteiger partial charge on any atom is -0.465 e. The molecular weight excluding hydrogens is 516 g/mol. The molecule has 0 saturated carbocycles. The van der Waals surface area contributed by atoms with Gasteiger partial charge in [0, 0.05) is 12.5 Å². The second kappa shape index (κ2) is 11.6. The van der Waals surface area contributed by atoms with E-state index in [1.807, 2.05) is 0 Å². The van der Waals surface area contributed by atoms with Gasteiger partial charge in [-0.05, 0) is 69.7 Å². The summed E-state index contributed by atoms with van der Waals surface area (Å²) < 4.78 is 0. The molecule has 4 aromatic carbocycles. The van der Waals surface area contributed by atoms with Gasteiger partial charge >= 0.3 is 6.09 Å². The summed E-state index contributed by atoms with van der Waals surface area (Å²) in [5.74, 6) is 0. The second-order valence-electron chi connectivity index (χ2n) is 11.3. The molecular formula is C34H38NO2P2+. The Morgan fingerprint density at radius 1 is 0.769 bits per heavy atom. The maximum atomic E-state index is 12.8. The minimum atomic E-state index is -2.03. The summed E-state index contributed by atoms with van der Waals surface area (Å²) >= 11 is 0. The number of carbonyl (C=O) groups is 1. The van der Waals surface area contributed by atoms with E-state index in [9.17, 15) is 9.90 Å². The van der Waals surface area contributed by atoms with Gasteiger partial charge in [0.2, 0.25) is 0 Å². The summed E-state index contributed by atoms with van der Waals surface area (Å²) in [6.45, 7) is 7.65. The van der Waals surface area contributed by atoms with Gasteiger partial charge in [0.15, 0.2) is 0 Å². The molecule has 39 heavy (non-hydrogen) atoms. The number of amides is 1. The smallest absolute Gasteiger partial charge is 0.407 e. The van der Waals surface area contributed by atoms with Crippen LogP contribution in [0.4, 0.5) is 4.79 Å². The third kappa shape index (κ3) is 5.41. The van der Waals surface area contributed by atoms with Crippen molar-refractivity contribution in [3.05, 3.63) is 121 Å². The van der Waals surface area contributed by atoms with Gasteiger partial charge in [0.1, 0.15) is 10.6 Å². The van der Waals surface area contributed by atoms with Crippen LogP contribution in [0.3, 0.4) is 0 Å². The standard InChI is InChI=1S/C34H37NO2P2/c1-34(2,3)39(30-20-12-6-13-21-30,31-22-14-7-15-23-31)32-24-27(35(25-32)33(36)37)26-38(28-16-8-4-9-17-28)29-18-10-5-11-19-29/h4-23,27,32H,24-26H2,1-3H3/p+1/t27-,32-/m0/s1. The SMILES string of the molecule is CC(C)(C)[P+](c1ccccc1)(c1ccccc1)[C@H]1C[C@@H](CP(c2ccccc2)c2ccccc2)N(C(=O)O)C1. The van der Waals surface area contributed by atoms with Crippen molar-refractivity contribution in [2.24, 2.45) is 0 Å². The molecule has 3 nitrogen and oxygen atoms in total. The molecule has 1 aliphatic heterocycles. The van der Waals surface area contributed by atoms with Crippen molar-refractivity contribution >= 4 is 42.5 Å². The quantitative estimate of drug-likeness (QED) is 0.258. The van der Waals surface area contributed by atoms with Crippen LogP contribution < -0.4 is 21.2 Å². The number of likely N-dealkylation sites (tertiary alicyclic amines) is 1. The van der Waals surface area contributed by atoms with E-state index >= 15 is 0 Å². The third-order valence-corrected chi connectivity index (χ3v) is 16.5. The Hall–Kier alpha value is -2.99. The van der Waals surface area contributed by atoms with Crippen molar-refractivity contribution in [1.82, 2.24) is 4.90 Å². The molecule has 0 aromatic heterocycles. The molecule has 1 heterocycles. The Morgan fingerprint density at radius 3 is 1.56 bits per heavy atom. The lowest BCUT2D eigenvalue weighted by atomic mass is 10.2. The lowest BCUT2D eigenvalue weighted by molar-refractivity contribution is 0.144. The molecule has 1 fully saturated rings. The van der Waals surface area contributed by atoms with Gasteiger partial charge in [-0.1, -0.05) is 97.1 Å². The minimum absolute atomic E-state index is 0.0341. The fourth-order valence-corrected chi connectivity index (χ4v) is 15.2. The number of carboxylic acid groups (broad SMARTS) is 1. The maximum absolute atomic E-state index is 12.8. The number of benzene rings is 4. The highest BCUT2D eigenvalue weighted by Gasteiger charge is 2.61. The van der Waals surface area contributed by atoms with Crippen LogP contribution in [0.15, 0.2) is 121 Å². The zero-order valence-corrected chi connectivity index (χ0v) is 24.8. The van der Waals surface area contributed by atoms with E-state index in [1.165, 1.54) is 21.2 Å². The molecule has 0 bridgehead atoms. The molecule has 1 saturated heterocycles. The van der Waals surface area contributed by atoms with Crippen LogP contribution in [0, 0.1) is 0 Å². The van der Waals surface area contributed by atoms with Gasteiger partial charge in [0.05, 0.1) is 24.6 Å². The van der Waals surface area contributed by atoms with Crippen molar-refractivity contribution < 1.29 is 9.90 Å². The largest absolute Gasteiger partial charge is 0.465 e. The van der Waals surface area contributed by atoms with Gasteiger partial charge < -0.3 is 10.0 Å². The van der Waals surface area contributed by atoms with E-state index in [4.69, 9.17) is 0 Å². The molecule has 200 valence electrons. The average Bonchev–Trinajstić information content (AvgIpc) is 3.38. The first kappa shape index (κ1) is 27.6. The molecule has 4 aromatic rings. The predicted molar refractivity (Wildman–Crippen MR) is 170 cm³/mol. The van der Waals surface area contributed by atoms with Crippen molar-refractivity contribution in [2.75, 3.05) is 12.7 Å². The molecule has 5 rings (SSSR count). The Balaban J connectivity index is 1.60. The van der Waals surface area contributed by atoms with E-state index < -0.39 is 21.3 Å². The van der Waals surface area contributed by atoms with Gasteiger partial charge in [-0.3, -0.25) is 0 Å². The molecule has 1 amide bonds. The van der Waals surface area contributed by atoms with Gasteiger partial charge in [-0.2, -0.15) is 0 Å². The lowest BCUT2D eigenvalue weighted by Gasteiger charge is -2.42. The number of hydrogen-bond acceptors (Lipinski definition) is 1. The van der Waals surface area contributed by atoms with Crippen LogP contribution in [0.1, 0.15) is 27.2 Å². The molecule has 0 radical (unpaired) electrons. The van der Waals surface area contributed by atoms with Gasteiger partial charge in [-0.15, -0.1) is 0 Å². The summed E-state index contributed by atoms with van der Waals surface area (Å²) in [7, 11) is -2.73. The molecule has 1 aliphatic rings. The summed E-state index contributed by atoms with van der Waals surface area (Å²) in [6, 6.07) is 43.2. The summed E-state index contributed by atoms with van der Waals surface area (Å²) in [5, 5.41) is 15.8. The summed E-state index contributed by atoms with van der Waals surface area (Å²) in [6.07, 6.45) is 0.909. The van der Waals surface area contributed by atoms with E-state index in [1.54, 1.807) is 4.90 Å². The van der Waals surface area contributed by atoms with E-state index in [-0.39, 0.29) is 16.9 Å². The van der Waals surface area contributed by atoms with Crippen LogP contribution in [0.5, 0.6) is 0 Å². The molecule has 2 atom stereocenters. The highest BCUT2D eigenvalue weighted by atomic mass is 31.2. The molecule has 0 unspecified atom stereocenters. The fourth-order valence-electron chi connectivity index (χ4n) is 6.59. The monoisotopic (exact) mass is 554 g/mol. The zero-order valence-electron chi connectivity index (χ0n) is 23.0. The van der Waals surface area contributed by atoms with Crippen molar-refractivity contribution in [1.29, 1.82) is 0 Å². The Labute approximate surface area is 235 Å². The second-order valence-corrected chi connectivity index (χ2v) is 18.1. The Kier molecular flexibility index (Phi) is 8.22. The number of nitrogens with zero attached hydrogens (tertiary/aromatic N) is 1. The molecule has 5 heteroatoms. The maximum Gasteiger partial charge on any atom is 0.407 e. The Morgan fingerprint density at radius 2 is 1.18 bits per heavy atom. The van der Waals surface area contributed by atoms with Crippen LogP contribution in [0.25, 0.3) is 0 Å². The lowest BCUT2D eigenvalue weighted by Crippen LogP contribution is -2.44. The van der Waals surface area contributed by atoms with Crippen LogP contribution in [0.2, 0.25) is 0 Å². The topological polar surface area (TPSA) is 40.5 Å². The van der Waals surface area contributed by atoms with Gasteiger partial charge in [0.25, 0.3) is 0 Å². The highest BCUT2D eigenvalue weighted by molar-refractivity contribution is 7.91. The van der Waals surface area contributed by atoms with E-state index in [0.717, 1.165) is 12.6 Å². The summed E-state index contributed by atoms with van der Waals surface area (Å²) in [5.41, 5.74) is 0.242. The zero-order chi connectivity index (χ0) is 27.5. The Bertz CT molecular complexity index is 1280.